The van der Waals surface area contributed by atoms with Crippen LogP contribution in [0.1, 0.15) is 26.2 Å². The fraction of sp³-hybridized carbons (Fsp3) is 0.700. The molecule has 2 heteroatoms. The van der Waals surface area contributed by atoms with E-state index in [-0.39, 0.29) is 5.78 Å². The van der Waals surface area contributed by atoms with Crippen molar-refractivity contribution in [1.29, 1.82) is 0 Å². The van der Waals surface area contributed by atoms with Crippen LogP contribution in [0.4, 0.5) is 0 Å². The van der Waals surface area contributed by atoms with Crippen molar-refractivity contribution in [2.75, 3.05) is 13.6 Å². The molecule has 0 N–H and O–H groups in total. The van der Waals surface area contributed by atoms with Crippen LogP contribution < -0.4 is 0 Å². The van der Waals surface area contributed by atoms with Gasteiger partial charge in [-0.05, 0) is 32.5 Å². The molecule has 1 rings (SSSR count). The number of likely N-dealkylation sites (N-methyl/N-ethyl adjacent to an activating group) is 1. The highest BCUT2D eigenvalue weighted by Gasteiger charge is 2.17. The summed E-state index contributed by atoms with van der Waals surface area (Å²) in [6.45, 7) is 3.06. The SMILES string of the molecule is CCC(=O)/C=C/[C@@H]1CCCN1C. The maximum atomic E-state index is 11.0. The number of likely N-dealkylation sites (tertiary alicyclic amines) is 1. The van der Waals surface area contributed by atoms with Gasteiger partial charge in [0.05, 0.1) is 0 Å². The zero-order valence-corrected chi connectivity index (χ0v) is 7.92. The molecule has 1 heterocycles. The molecule has 0 aromatic heterocycles. The van der Waals surface area contributed by atoms with E-state index in [2.05, 4.69) is 11.9 Å². The largest absolute Gasteiger partial charge is 0.300 e. The molecule has 0 amide bonds. The number of nitrogens with zero attached hydrogens (tertiary/aromatic N) is 1. The first-order valence-corrected chi connectivity index (χ1v) is 4.65. The Kier molecular flexibility index (Phi) is 3.48. The van der Waals surface area contributed by atoms with Crippen LogP contribution in [0.5, 0.6) is 0 Å². The number of ketones is 1. The van der Waals surface area contributed by atoms with Crippen LogP contribution in [-0.4, -0.2) is 30.3 Å². The smallest absolute Gasteiger partial charge is 0.155 e. The van der Waals surface area contributed by atoms with Crippen LogP contribution >= 0.6 is 0 Å². The number of rotatable bonds is 3. The molecule has 2 nitrogen and oxygen atoms in total. The van der Waals surface area contributed by atoms with E-state index in [0.29, 0.717) is 12.5 Å². The van der Waals surface area contributed by atoms with Gasteiger partial charge < -0.3 is 0 Å². The van der Waals surface area contributed by atoms with Gasteiger partial charge in [-0.2, -0.15) is 0 Å². The molecule has 1 aliphatic rings. The third-order valence-electron chi connectivity index (χ3n) is 2.43. The maximum absolute atomic E-state index is 11.0. The Morgan fingerprint density at radius 2 is 2.42 bits per heavy atom. The number of carbonyl (C=O) groups is 1. The van der Waals surface area contributed by atoms with E-state index >= 15 is 0 Å². The first-order chi connectivity index (χ1) is 5.74. The number of hydrogen-bond acceptors (Lipinski definition) is 2. The summed E-state index contributed by atoms with van der Waals surface area (Å²) in [6.07, 6.45) is 6.84. The van der Waals surface area contributed by atoms with Crippen molar-refractivity contribution >= 4 is 5.78 Å². The molecule has 1 aliphatic heterocycles. The van der Waals surface area contributed by atoms with Gasteiger partial charge in [0, 0.05) is 12.5 Å². The molecule has 0 spiro atoms. The maximum Gasteiger partial charge on any atom is 0.155 e. The molecule has 1 saturated heterocycles. The van der Waals surface area contributed by atoms with Crippen LogP contribution in [0.2, 0.25) is 0 Å². The van der Waals surface area contributed by atoms with Crippen molar-refractivity contribution in [1.82, 2.24) is 4.90 Å². The van der Waals surface area contributed by atoms with Crippen molar-refractivity contribution in [2.45, 2.75) is 32.2 Å². The third-order valence-corrected chi connectivity index (χ3v) is 2.43. The Hall–Kier alpha value is -0.630. The Balaban J connectivity index is 2.39. The van der Waals surface area contributed by atoms with Gasteiger partial charge in [0.2, 0.25) is 0 Å². The van der Waals surface area contributed by atoms with E-state index in [9.17, 15) is 4.79 Å². The lowest BCUT2D eigenvalue weighted by atomic mass is 10.2. The van der Waals surface area contributed by atoms with Crippen LogP contribution in [0.15, 0.2) is 12.2 Å². The van der Waals surface area contributed by atoms with Crippen molar-refractivity contribution in [2.24, 2.45) is 0 Å². The highest BCUT2D eigenvalue weighted by molar-refractivity contribution is 5.89. The molecule has 0 bridgehead atoms. The Morgan fingerprint density at radius 1 is 1.67 bits per heavy atom. The second kappa shape index (κ2) is 4.41. The minimum Gasteiger partial charge on any atom is -0.300 e. The summed E-state index contributed by atoms with van der Waals surface area (Å²) in [5.74, 6) is 0.232. The fourth-order valence-electron chi connectivity index (χ4n) is 1.52. The molecular weight excluding hydrogens is 150 g/mol. The normalized spacial score (nSPS) is 25.3. The summed E-state index contributed by atoms with van der Waals surface area (Å²) >= 11 is 0. The molecule has 1 atom stereocenters. The molecule has 68 valence electrons. The molecule has 0 aromatic carbocycles. The third kappa shape index (κ3) is 2.45. The van der Waals surface area contributed by atoms with Gasteiger partial charge in [0.15, 0.2) is 5.78 Å². The van der Waals surface area contributed by atoms with E-state index in [4.69, 9.17) is 0 Å². The van der Waals surface area contributed by atoms with Gasteiger partial charge in [-0.25, -0.2) is 0 Å². The molecule has 0 saturated carbocycles. The summed E-state index contributed by atoms with van der Waals surface area (Å²) < 4.78 is 0. The standard InChI is InChI=1S/C10H17NO/c1-3-10(12)7-6-9-5-4-8-11(9)2/h6-7,9H,3-5,8H2,1-2H3/b7-6+/t9-/m0/s1. The zero-order chi connectivity index (χ0) is 8.97. The summed E-state index contributed by atoms with van der Waals surface area (Å²) in [7, 11) is 2.11. The number of allylic oxidation sites excluding steroid dienone is 1. The molecule has 0 radical (unpaired) electrons. The summed E-state index contributed by atoms with van der Waals surface area (Å²) in [5, 5.41) is 0. The monoisotopic (exact) mass is 167 g/mol. The van der Waals surface area contributed by atoms with Gasteiger partial charge in [0.25, 0.3) is 0 Å². The van der Waals surface area contributed by atoms with E-state index in [1.165, 1.54) is 12.8 Å². The first kappa shape index (κ1) is 9.46. The Morgan fingerprint density at radius 3 is 2.92 bits per heavy atom. The van der Waals surface area contributed by atoms with Gasteiger partial charge in [-0.1, -0.05) is 13.0 Å². The molecular formula is C10H17NO. The summed E-state index contributed by atoms with van der Waals surface area (Å²) in [4.78, 5) is 13.3. The predicted octanol–water partition coefficient (Wildman–Crippen LogP) is 1.62. The fourth-order valence-corrected chi connectivity index (χ4v) is 1.52. The lowest BCUT2D eigenvalue weighted by molar-refractivity contribution is -0.114. The lowest BCUT2D eigenvalue weighted by Gasteiger charge is -2.14. The predicted molar refractivity (Wildman–Crippen MR) is 50.1 cm³/mol. The van der Waals surface area contributed by atoms with Crippen molar-refractivity contribution < 1.29 is 4.79 Å². The summed E-state index contributed by atoms with van der Waals surface area (Å²) in [6, 6.07) is 0.500. The second-order valence-electron chi connectivity index (χ2n) is 3.37. The minimum atomic E-state index is 0.232. The van der Waals surface area contributed by atoms with Crippen molar-refractivity contribution in [3.05, 3.63) is 12.2 Å². The molecule has 0 aliphatic carbocycles. The van der Waals surface area contributed by atoms with Crippen LogP contribution in [-0.2, 0) is 4.79 Å². The van der Waals surface area contributed by atoms with E-state index in [0.717, 1.165) is 6.54 Å². The summed E-state index contributed by atoms with van der Waals surface area (Å²) in [5.41, 5.74) is 0. The highest BCUT2D eigenvalue weighted by atomic mass is 16.1. The van der Waals surface area contributed by atoms with Crippen LogP contribution in [0.3, 0.4) is 0 Å². The first-order valence-electron chi connectivity index (χ1n) is 4.65. The topological polar surface area (TPSA) is 20.3 Å². The van der Waals surface area contributed by atoms with E-state index in [1.54, 1.807) is 6.08 Å². The minimum absolute atomic E-state index is 0.232. The zero-order valence-electron chi connectivity index (χ0n) is 7.92. The van der Waals surface area contributed by atoms with Crippen molar-refractivity contribution in [3.8, 4) is 0 Å². The van der Waals surface area contributed by atoms with E-state index < -0.39 is 0 Å². The molecule has 0 unspecified atom stereocenters. The van der Waals surface area contributed by atoms with Gasteiger partial charge in [-0.15, -0.1) is 0 Å². The van der Waals surface area contributed by atoms with Crippen LogP contribution in [0, 0.1) is 0 Å². The van der Waals surface area contributed by atoms with Crippen LogP contribution in [0.25, 0.3) is 0 Å². The van der Waals surface area contributed by atoms with Gasteiger partial charge in [-0.3, -0.25) is 9.69 Å². The quantitative estimate of drug-likeness (QED) is 0.595. The lowest BCUT2D eigenvalue weighted by Crippen LogP contribution is -2.22. The van der Waals surface area contributed by atoms with Crippen molar-refractivity contribution in [3.63, 3.8) is 0 Å². The molecule has 12 heavy (non-hydrogen) atoms. The van der Waals surface area contributed by atoms with Gasteiger partial charge >= 0.3 is 0 Å². The average molecular weight is 167 g/mol. The second-order valence-corrected chi connectivity index (χ2v) is 3.37. The highest BCUT2D eigenvalue weighted by Crippen LogP contribution is 2.15. The number of hydrogen-bond donors (Lipinski definition) is 0. The van der Waals surface area contributed by atoms with E-state index in [1.807, 2.05) is 13.0 Å². The average Bonchev–Trinajstić information content (AvgIpc) is 2.47. The molecule has 1 fully saturated rings. The van der Waals surface area contributed by atoms with Gasteiger partial charge in [0.1, 0.15) is 0 Å². The molecule has 0 aromatic rings. The Bertz CT molecular complexity index is 186. The number of carbonyl (C=O) groups excluding carboxylic acids is 1. The Labute approximate surface area is 74.2 Å².